The molecule has 1 atom stereocenters. The van der Waals surface area contributed by atoms with E-state index in [0.29, 0.717) is 5.56 Å². The molecule has 0 radical (unpaired) electrons. The Labute approximate surface area is 96.5 Å². The monoisotopic (exact) mass is 215 g/mol. The molecule has 1 aliphatic heterocycles. The third-order valence-corrected chi connectivity index (χ3v) is 3.09. The Morgan fingerprint density at radius 1 is 1.38 bits per heavy atom. The van der Waals surface area contributed by atoms with Crippen LogP contribution in [0.15, 0.2) is 24.3 Å². The molecule has 1 aromatic rings. The van der Waals surface area contributed by atoms with Gasteiger partial charge in [0.2, 0.25) is 0 Å². The Balaban J connectivity index is 2.15. The zero-order valence-corrected chi connectivity index (χ0v) is 9.61. The lowest BCUT2D eigenvalue weighted by Gasteiger charge is -2.39. The van der Waals surface area contributed by atoms with Crippen LogP contribution in [0.1, 0.15) is 25.3 Å². The quantitative estimate of drug-likeness (QED) is 0.778. The lowest BCUT2D eigenvalue weighted by atomic mass is 9.92. The Morgan fingerprint density at radius 3 is 2.62 bits per heavy atom. The normalized spacial score (nSPS) is 25.2. The largest absolute Gasteiger partial charge is 0.370 e. The maximum atomic E-state index is 8.74. The molecule has 1 aliphatic rings. The van der Waals surface area contributed by atoms with Gasteiger partial charge in [0.25, 0.3) is 0 Å². The molecule has 0 bridgehead atoms. The van der Waals surface area contributed by atoms with Crippen LogP contribution in [0, 0.1) is 11.3 Å². The topological polar surface area (TPSA) is 53.0 Å². The van der Waals surface area contributed by atoms with E-state index in [9.17, 15) is 0 Å². The summed E-state index contributed by atoms with van der Waals surface area (Å²) < 4.78 is 0. The number of anilines is 1. The molecule has 1 fully saturated rings. The minimum atomic E-state index is -0.0911. The summed E-state index contributed by atoms with van der Waals surface area (Å²) in [5, 5.41) is 8.74. The van der Waals surface area contributed by atoms with Crippen LogP contribution in [0.5, 0.6) is 0 Å². The van der Waals surface area contributed by atoms with Gasteiger partial charge in [0, 0.05) is 24.3 Å². The van der Waals surface area contributed by atoms with Crippen molar-refractivity contribution in [1.29, 1.82) is 5.26 Å². The third kappa shape index (κ3) is 2.34. The lowest BCUT2D eigenvalue weighted by molar-refractivity contribution is 0.375. The Hall–Kier alpha value is -1.53. The first-order valence-corrected chi connectivity index (χ1v) is 5.65. The van der Waals surface area contributed by atoms with Crippen LogP contribution < -0.4 is 10.6 Å². The van der Waals surface area contributed by atoms with Crippen LogP contribution in [0.25, 0.3) is 0 Å². The molecule has 0 spiro atoms. The molecular weight excluding hydrogens is 198 g/mol. The van der Waals surface area contributed by atoms with Gasteiger partial charge in [-0.25, -0.2) is 0 Å². The lowest BCUT2D eigenvalue weighted by Crippen LogP contribution is -2.52. The number of hydrogen-bond donors (Lipinski definition) is 1. The average Bonchev–Trinajstić information content (AvgIpc) is 2.28. The Bertz CT molecular complexity index is 400. The number of hydrogen-bond acceptors (Lipinski definition) is 3. The van der Waals surface area contributed by atoms with Gasteiger partial charge in [0.15, 0.2) is 0 Å². The fourth-order valence-corrected chi connectivity index (χ4v) is 2.24. The van der Waals surface area contributed by atoms with Crippen molar-refractivity contribution in [3.05, 3.63) is 29.8 Å². The summed E-state index contributed by atoms with van der Waals surface area (Å²) >= 11 is 0. The second-order valence-corrected chi connectivity index (χ2v) is 4.84. The maximum absolute atomic E-state index is 8.74. The van der Waals surface area contributed by atoms with E-state index in [4.69, 9.17) is 11.0 Å². The van der Waals surface area contributed by atoms with Crippen molar-refractivity contribution in [2.75, 3.05) is 18.0 Å². The number of nitrogens with two attached hydrogens (primary N) is 1. The standard InChI is InChI=1S/C13H17N3/c1-13(15)7-2-8-16(10-13)12-5-3-11(9-14)4-6-12/h3-6H,2,7-8,10,15H2,1H3. The van der Waals surface area contributed by atoms with Crippen molar-refractivity contribution < 1.29 is 0 Å². The minimum Gasteiger partial charge on any atom is -0.370 e. The highest BCUT2D eigenvalue weighted by molar-refractivity contribution is 5.50. The van der Waals surface area contributed by atoms with E-state index in [2.05, 4.69) is 17.9 Å². The molecule has 2 rings (SSSR count). The van der Waals surface area contributed by atoms with E-state index >= 15 is 0 Å². The summed E-state index contributed by atoms with van der Waals surface area (Å²) in [4.78, 5) is 2.30. The zero-order chi connectivity index (χ0) is 11.6. The predicted molar refractivity (Wildman–Crippen MR) is 65.2 cm³/mol. The van der Waals surface area contributed by atoms with Crippen molar-refractivity contribution in [3.63, 3.8) is 0 Å². The van der Waals surface area contributed by atoms with E-state index in [1.165, 1.54) is 0 Å². The predicted octanol–water partition coefficient (Wildman–Crippen LogP) is 1.88. The van der Waals surface area contributed by atoms with E-state index in [1.54, 1.807) is 0 Å². The van der Waals surface area contributed by atoms with Gasteiger partial charge in [-0.05, 0) is 44.0 Å². The molecule has 0 aliphatic carbocycles. The molecule has 84 valence electrons. The van der Waals surface area contributed by atoms with Crippen LogP contribution >= 0.6 is 0 Å². The summed E-state index contributed by atoms with van der Waals surface area (Å²) in [6, 6.07) is 9.85. The third-order valence-electron chi connectivity index (χ3n) is 3.09. The van der Waals surface area contributed by atoms with Crippen LogP contribution in [0.3, 0.4) is 0 Å². The van der Waals surface area contributed by atoms with E-state index < -0.39 is 0 Å². The van der Waals surface area contributed by atoms with Gasteiger partial charge < -0.3 is 10.6 Å². The molecule has 1 heterocycles. The first kappa shape index (κ1) is 11.0. The molecule has 16 heavy (non-hydrogen) atoms. The number of rotatable bonds is 1. The van der Waals surface area contributed by atoms with Gasteiger partial charge in [-0.2, -0.15) is 5.26 Å². The number of benzene rings is 1. The van der Waals surface area contributed by atoms with Gasteiger partial charge in [-0.1, -0.05) is 0 Å². The number of nitriles is 1. The second kappa shape index (κ2) is 4.15. The summed E-state index contributed by atoms with van der Waals surface area (Å²) in [6.07, 6.45) is 2.22. The van der Waals surface area contributed by atoms with Gasteiger partial charge in [-0.15, -0.1) is 0 Å². The van der Waals surface area contributed by atoms with Gasteiger partial charge in [0.1, 0.15) is 0 Å². The van der Waals surface area contributed by atoms with Crippen molar-refractivity contribution in [2.24, 2.45) is 5.73 Å². The molecule has 1 aromatic carbocycles. The smallest absolute Gasteiger partial charge is 0.0991 e. The molecular formula is C13H17N3. The Kier molecular flexibility index (Phi) is 2.84. The van der Waals surface area contributed by atoms with Crippen molar-refractivity contribution >= 4 is 5.69 Å². The summed E-state index contributed by atoms with van der Waals surface area (Å²) in [5.74, 6) is 0. The van der Waals surface area contributed by atoms with Gasteiger partial charge >= 0.3 is 0 Å². The van der Waals surface area contributed by atoms with Crippen molar-refractivity contribution in [2.45, 2.75) is 25.3 Å². The fraction of sp³-hybridized carbons (Fsp3) is 0.462. The summed E-state index contributed by atoms with van der Waals surface area (Å²) in [5.41, 5.74) is 7.94. The van der Waals surface area contributed by atoms with Crippen molar-refractivity contribution in [3.8, 4) is 6.07 Å². The average molecular weight is 215 g/mol. The van der Waals surface area contributed by atoms with Crippen LogP contribution in [0.4, 0.5) is 5.69 Å². The molecule has 0 saturated carbocycles. The summed E-state index contributed by atoms with van der Waals surface area (Å²) in [7, 11) is 0. The second-order valence-electron chi connectivity index (χ2n) is 4.84. The van der Waals surface area contributed by atoms with E-state index in [-0.39, 0.29) is 5.54 Å². The van der Waals surface area contributed by atoms with Gasteiger partial charge in [-0.3, -0.25) is 0 Å². The van der Waals surface area contributed by atoms with Crippen molar-refractivity contribution in [1.82, 2.24) is 0 Å². The fourth-order valence-electron chi connectivity index (χ4n) is 2.24. The maximum Gasteiger partial charge on any atom is 0.0991 e. The molecule has 3 heteroatoms. The molecule has 3 nitrogen and oxygen atoms in total. The number of nitrogens with zero attached hydrogens (tertiary/aromatic N) is 2. The SMILES string of the molecule is CC1(N)CCCN(c2ccc(C#N)cc2)C1. The highest BCUT2D eigenvalue weighted by Crippen LogP contribution is 2.24. The highest BCUT2D eigenvalue weighted by atomic mass is 15.2. The van der Waals surface area contributed by atoms with Crippen LogP contribution in [-0.4, -0.2) is 18.6 Å². The van der Waals surface area contributed by atoms with Crippen LogP contribution in [0.2, 0.25) is 0 Å². The molecule has 0 amide bonds. The Morgan fingerprint density at radius 2 is 2.06 bits per heavy atom. The minimum absolute atomic E-state index is 0.0911. The number of piperidine rings is 1. The molecule has 0 aromatic heterocycles. The molecule has 1 saturated heterocycles. The van der Waals surface area contributed by atoms with E-state index in [1.807, 2.05) is 24.3 Å². The molecule has 1 unspecified atom stereocenters. The zero-order valence-electron chi connectivity index (χ0n) is 9.61. The highest BCUT2D eigenvalue weighted by Gasteiger charge is 2.26. The summed E-state index contributed by atoms with van der Waals surface area (Å²) in [6.45, 7) is 4.04. The molecule has 2 N–H and O–H groups in total. The van der Waals surface area contributed by atoms with Crippen LogP contribution in [-0.2, 0) is 0 Å². The first-order valence-electron chi connectivity index (χ1n) is 5.65. The van der Waals surface area contributed by atoms with Gasteiger partial charge in [0.05, 0.1) is 11.6 Å². The first-order chi connectivity index (χ1) is 7.61. The van der Waals surface area contributed by atoms with E-state index in [0.717, 1.165) is 31.6 Å².